The lowest BCUT2D eigenvalue weighted by Crippen LogP contribution is -2.15. The largest absolute Gasteiger partial charge is 0.496 e. The van der Waals surface area contributed by atoms with E-state index >= 15 is 0 Å². The summed E-state index contributed by atoms with van der Waals surface area (Å²) in [6.45, 7) is 4.11. The molecule has 0 unspecified atom stereocenters. The van der Waals surface area contributed by atoms with E-state index in [1.807, 2.05) is 25.3 Å². The summed E-state index contributed by atoms with van der Waals surface area (Å²) >= 11 is 1.69. The van der Waals surface area contributed by atoms with Crippen molar-refractivity contribution in [2.24, 2.45) is 10.7 Å². The second kappa shape index (κ2) is 6.05. The van der Waals surface area contributed by atoms with Gasteiger partial charge in [-0.15, -0.1) is 11.3 Å². The van der Waals surface area contributed by atoms with Gasteiger partial charge in [-0.1, -0.05) is 6.92 Å². The molecule has 0 fully saturated rings. The Morgan fingerprint density at radius 2 is 2.20 bits per heavy atom. The molecule has 1 aromatic heterocycles. The van der Waals surface area contributed by atoms with E-state index in [2.05, 4.69) is 16.9 Å². The summed E-state index contributed by atoms with van der Waals surface area (Å²) in [5.74, 6) is 1.31. The van der Waals surface area contributed by atoms with Gasteiger partial charge in [0.1, 0.15) is 16.6 Å². The van der Waals surface area contributed by atoms with E-state index in [9.17, 15) is 0 Å². The molecule has 0 aliphatic carbocycles. The highest BCUT2D eigenvalue weighted by molar-refractivity contribution is 7.15. The summed E-state index contributed by atoms with van der Waals surface area (Å²) in [6, 6.07) is 4.03. The Labute approximate surface area is 123 Å². The normalized spacial score (nSPS) is 11.7. The molecule has 0 aliphatic rings. The van der Waals surface area contributed by atoms with Crippen molar-refractivity contribution in [3.05, 3.63) is 34.3 Å². The zero-order chi connectivity index (χ0) is 14.7. The van der Waals surface area contributed by atoms with Crippen LogP contribution in [-0.2, 0) is 6.42 Å². The Kier molecular flexibility index (Phi) is 4.39. The van der Waals surface area contributed by atoms with Gasteiger partial charge in [-0.3, -0.25) is 4.99 Å². The third kappa shape index (κ3) is 2.67. The van der Waals surface area contributed by atoms with E-state index in [1.54, 1.807) is 25.5 Å². The van der Waals surface area contributed by atoms with Gasteiger partial charge in [0, 0.05) is 34.8 Å². The van der Waals surface area contributed by atoms with Crippen LogP contribution in [0.2, 0.25) is 0 Å². The zero-order valence-electron chi connectivity index (χ0n) is 12.2. The lowest BCUT2D eigenvalue weighted by molar-refractivity contribution is 0.412. The van der Waals surface area contributed by atoms with Crippen molar-refractivity contribution in [2.45, 2.75) is 20.3 Å². The quantitative estimate of drug-likeness (QED) is 0.695. The average Bonchev–Trinajstić information content (AvgIpc) is 2.95. The molecule has 5 heteroatoms. The molecule has 1 heterocycles. The molecule has 0 amide bonds. The van der Waals surface area contributed by atoms with Gasteiger partial charge in [0.05, 0.1) is 7.11 Å². The maximum Gasteiger partial charge on any atom is 0.125 e. The Balaban J connectivity index is 2.59. The molecule has 2 N–H and O–H groups in total. The van der Waals surface area contributed by atoms with Crippen LogP contribution in [0, 0.1) is 6.92 Å². The van der Waals surface area contributed by atoms with Crippen LogP contribution in [0.4, 0.5) is 0 Å². The molecule has 0 bridgehead atoms. The number of ether oxygens (including phenoxy) is 1. The zero-order valence-corrected chi connectivity index (χ0v) is 13.0. The van der Waals surface area contributed by atoms with Crippen LogP contribution in [0.15, 0.2) is 23.3 Å². The first-order valence-corrected chi connectivity index (χ1v) is 7.28. The molecule has 0 saturated heterocycles. The molecule has 1 aromatic carbocycles. The number of rotatable bonds is 4. The number of nitrogens with two attached hydrogens (primary N) is 1. The Hall–Kier alpha value is -1.88. The van der Waals surface area contributed by atoms with Gasteiger partial charge in [-0.25, -0.2) is 4.98 Å². The summed E-state index contributed by atoms with van der Waals surface area (Å²) in [7, 11) is 3.35. The minimum Gasteiger partial charge on any atom is -0.496 e. The van der Waals surface area contributed by atoms with Crippen LogP contribution in [0.3, 0.4) is 0 Å². The minimum atomic E-state index is 0.509. The molecular formula is C15H19N3OS. The van der Waals surface area contributed by atoms with Crippen LogP contribution >= 0.6 is 11.3 Å². The highest BCUT2D eigenvalue weighted by Gasteiger charge is 2.13. The Morgan fingerprint density at radius 1 is 1.45 bits per heavy atom. The Morgan fingerprint density at radius 3 is 2.75 bits per heavy atom. The van der Waals surface area contributed by atoms with Crippen LogP contribution in [0.1, 0.15) is 22.9 Å². The monoisotopic (exact) mass is 289 g/mol. The fourth-order valence-corrected chi connectivity index (χ4v) is 2.85. The van der Waals surface area contributed by atoms with Crippen molar-refractivity contribution in [3.63, 3.8) is 0 Å². The lowest BCUT2D eigenvalue weighted by Gasteiger charge is -2.12. The van der Waals surface area contributed by atoms with E-state index in [0.717, 1.165) is 33.9 Å². The van der Waals surface area contributed by atoms with Gasteiger partial charge >= 0.3 is 0 Å². The SMILES string of the molecule is CCc1cnc(-c2cc(OC)c(C)c(C(N)=NC)c2)s1. The van der Waals surface area contributed by atoms with Crippen molar-refractivity contribution < 1.29 is 4.74 Å². The van der Waals surface area contributed by atoms with Crippen LogP contribution in [0.25, 0.3) is 10.6 Å². The van der Waals surface area contributed by atoms with Gasteiger partial charge < -0.3 is 10.5 Å². The van der Waals surface area contributed by atoms with Crippen LogP contribution < -0.4 is 10.5 Å². The molecule has 4 nitrogen and oxygen atoms in total. The first-order chi connectivity index (χ1) is 9.60. The third-order valence-corrected chi connectivity index (χ3v) is 4.44. The van der Waals surface area contributed by atoms with E-state index in [1.165, 1.54) is 4.88 Å². The first kappa shape index (κ1) is 14.5. The molecule has 0 aliphatic heterocycles. The molecule has 20 heavy (non-hydrogen) atoms. The summed E-state index contributed by atoms with van der Waals surface area (Å²) in [4.78, 5) is 9.81. The maximum atomic E-state index is 5.97. The minimum absolute atomic E-state index is 0.509. The smallest absolute Gasteiger partial charge is 0.125 e. The summed E-state index contributed by atoms with van der Waals surface area (Å²) < 4.78 is 5.44. The number of aliphatic imine (C=N–C) groups is 1. The summed E-state index contributed by atoms with van der Waals surface area (Å²) in [6.07, 6.45) is 2.91. The second-order valence-corrected chi connectivity index (χ2v) is 5.56. The predicted octanol–water partition coefficient (Wildman–Crippen LogP) is 3.02. The number of hydrogen-bond acceptors (Lipinski definition) is 4. The molecule has 2 rings (SSSR count). The van der Waals surface area contributed by atoms with Gasteiger partial charge in [-0.2, -0.15) is 0 Å². The van der Waals surface area contributed by atoms with Crippen molar-refractivity contribution in [1.29, 1.82) is 0 Å². The number of amidine groups is 1. The molecule has 106 valence electrons. The number of benzene rings is 1. The van der Waals surface area contributed by atoms with Gasteiger partial charge in [0.2, 0.25) is 0 Å². The molecule has 0 spiro atoms. The van der Waals surface area contributed by atoms with E-state index < -0.39 is 0 Å². The van der Waals surface area contributed by atoms with Crippen molar-refractivity contribution in [1.82, 2.24) is 4.98 Å². The van der Waals surface area contributed by atoms with Crippen molar-refractivity contribution >= 4 is 17.2 Å². The average molecular weight is 289 g/mol. The van der Waals surface area contributed by atoms with Crippen molar-refractivity contribution in [3.8, 4) is 16.3 Å². The highest BCUT2D eigenvalue weighted by Crippen LogP contribution is 2.32. The number of aromatic nitrogens is 1. The molecular weight excluding hydrogens is 270 g/mol. The molecule has 0 saturated carbocycles. The van der Waals surface area contributed by atoms with Gasteiger partial charge in [-0.05, 0) is 25.5 Å². The Bertz CT molecular complexity index is 647. The molecule has 2 aromatic rings. The van der Waals surface area contributed by atoms with Crippen molar-refractivity contribution in [2.75, 3.05) is 14.2 Å². The fourth-order valence-electron chi connectivity index (χ4n) is 2.01. The maximum absolute atomic E-state index is 5.97. The number of aryl methyl sites for hydroxylation is 1. The predicted molar refractivity (Wildman–Crippen MR) is 84.9 cm³/mol. The van der Waals surface area contributed by atoms with E-state index in [0.29, 0.717) is 5.84 Å². The van der Waals surface area contributed by atoms with Gasteiger partial charge in [0.25, 0.3) is 0 Å². The first-order valence-electron chi connectivity index (χ1n) is 6.47. The lowest BCUT2D eigenvalue weighted by atomic mass is 10.0. The number of thiazole rings is 1. The van der Waals surface area contributed by atoms with E-state index in [4.69, 9.17) is 10.5 Å². The van der Waals surface area contributed by atoms with Crippen LogP contribution in [0.5, 0.6) is 5.75 Å². The summed E-state index contributed by atoms with van der Waals surface area (Å²) in [5.41, 5.74) is 8.88. The number of methoxy groups -OCH3 is 1. The second-order valence-electron chi connectivity index (χ2n) is 4.45. The molecule has 0 radical (unpaired) electrons. The number of hydrogen-bond donors (Lipinski definition) is 1. The van der Waals surface area contributed by atoms with E-state index in [-0.39, 0.29) is 0 Å². The fraction of sp³-hybridized carbons (Fsp3) is 0.333. The van der Waals surface area contributed by atoms with Gasteiger partial charge in [0.15, 0.2) is 0 Å². The standard InChI is InChI=1S/C15H19N3OS/c1-5-11-8-18-15(20-11)10-6-12(14(16)17-3)9(2)13(7-10)19-4/h6-8H,5H2,1-4H3,(H2,16,17). The highest BCUT2D eigenvalue weighted by atomic mass is 32.1. The van der Waals surface area contributed by atoms with Crippen LogP contribution in [-0.4, -0.2) is 25.0 Å². The summed E-state index contributed by atoms with van der Waals surface area (Å²) in [5, 5.41) is 0.977. The molecule has 0 atom stereocenters. The topological polar surface area (TPSA) is 60.5 Å². The third-order valence-electron chi connectivity index (χ3n) is 3.25. The number of nitrogens with zero attached hydrogens (tertiary/aromatic N) is 2.